The minimum atomic E-state index is -1.39. The van der Waals surface area contributed by atoms with E-state index in [1.807, 2.05) is 0 Å². The molecule has 1 rings (SSSR count). The lowest BCUT2D eigenvalue weighted by Crippen LogP contribution is -2.58. The van der Waals surface area contributed by atoms with Crippen molar-refractivity contribution in [1.29, 1.82) is 0 Å². The number of carbonyl (C=O) groups excluding carboxylic acids is 3. The summed E-state index contributed by atoms with van der Waals surface area (Å²) in [5.74, 6) is -1.58. The lowest BCUT2D eigenvalue weighted by Gasteiger charge is -2.30. The quantitative estimate of drug-likeness (QED) is 0.775. The highest BCUT2D eigenvalue weighted by Gasteiger charge is 2.41. The van der Waals surface area contributed by atoms with Gasteiger partial charge in [0, 0.05) is 12.5 Å². The summed E-state index contributed by atoms with van der Waals surface area (Å²) >= 11 is 0. The van der Waals surface area contributed by atoms with E-state index in [9.17, 15) is 14.4 Å². The highest BCUT2D eigenvalue weighted by atomic mass is 16.6. The van der Waals surface area contributed by atoms with Gasteiger partial charge >= 0.3 is 11.9 Å². The Morgan fingerprint density at radius 1 is 1.09 bits per heavy atom. The third kappa shape index (κ3) is 4.58. The molecule has 0 aromatic heterocycles. The molecule has 1 amide bonds. The third-order valence-electron chi connectivity index (χ3n) is 3.18. The van der Waals surface area contributed by atoms with Crippen molar-refractivity contribution < 1.29 is 23.9 Å². The molecule has 0 aliphatic rings. The lowest BCUT2D eigenvalue weighted by molar-refractivity contribution is -0.157. The maximum Gasteiger partial charge on any atom is 0.335 e. The Labute approximate surface area is 129 Å². The minimum Gasteiger partial charge on any atom is -0.464 e. The summed E-state index contributed by atoms with van der Waals surface area (Å²) in [5, 5.41) is 2.65. The van der Waals surface area contributed by atoms with Gasteiger partial charge in [0.05, 0.1) is 6.61 Å². The fraction of sp³-hybridized carbons (Fsp3) is 0.438. The van der Waals surface area contributed by atoms with Crippen molar-refractivity contribution in [2.75, 3.05) is 13.2 Å². The molecule has 6 nitrogen and oxygen atoms in total. The van der Waals surface area contributed by atoms with Gasteiger partial charge in [0.1, 0.15) is 6.61 Å². The molecule has 1 atom stereocenters. The smallest absolute Gasteiger partial charge is 0.335 e. The maximum atomic E-state index is 12.3. The first-order valence-electron chi connectivity index (χ1n) is 7.13. The van der Waals surface area contributed by atoms with E-state index >= 15 is 0 Å². The Bertz CT molecular complexity index is 529. The zero-order valence-electron chi connectivity index (χ0n) is 13.0. The van der Waals surface area contributed by atoms with E-state index in [0.29, 0.717) is 5.56 Å². The molecule has 1 aromatic rings. The lowest BCUT2D eigenvalue weighted by atomic mass is 9.96. The number of nitrogens with one attached hydrogen (secondary N) is 1. The van der Waals surface area contributed by atoms with E-state index < -0.39 is 23.4 Å². The van der Waals surface area contributed by atoms with Gasteiger partial charge in [-0.1, -0.05) is 25.1 Å². The molecule has 0 aliphatic heterocycles. The van der Waals surface area contributed by atoms with Crippen LogP contribution >= 0.6 is 0 Å². The van der Waals surface area contributed by atoms with Crippen LogP contribution in [0.15, 0.2) is 30.3 Å². The second kappa shape index (κ2) is 8.17. The first kappa shape index (κ1) is 17.7. The maximum absolute atomic E-state index is 12.3. The topological polar surface area (TPSA) is 81.7 Å². The summed E-state index contributed by atoms with van der Waals surface area (Å²) in [7, 11) is 0. The predicted molar refractivity (Wildman–Crippen MR) is 80.2 cm³/mol. The third-order valence-corrected chi connectivity index (χ3v) is 3.18. The highest BCUT2D eigenvalue weighted by Crippen LogP contribution is 2.16. The molecule has 22 heavy (non-hydrogen) atoms. The first-order chi connectivity index (χ1) is 10.4. The summed E-state index contributed by atoms with van der Waals surface area (Å²) in [6, 6.07) is 8.49. The van der Waals surface area contributed by atoms with Crippen LogP contribution in [-0.2, 0) is 19.1 Å². The monoisotopic (exact) mass is 307 g/mol. The Morgan fingerprint density at radius 2 is 1.73 bits per heavy atom. The Hall–Kier alpha value is -2.37. The molecule has 0 spiro atoms. The summed E-state index contributed by atoms with van der Waals surface area (Å²) in [4.78, 5) is 35.6. The molecule has 0 heterocycles. The van der Waals surface area contributed by atoms with Gasteiger partial charge in [-0.15, -0.1) is 0 Å². The van der Waals surface area contributed by atoms with E-state index in [0.717, 1.165) is 0 Å². The molecule has 1 aromatic carbocycles. The van der Waals surface area contributed by atoms with Crippen LogP contribution in [-0.4, -0.2) is 36.6 Å². The molecule has 0 fully saturated rings. The van der Waals surface area contributed by atoms with E-state index in [1.54, 1.807) is 44.2 Å². The number of esters is 2. The molecule has 0 saturated heterocycles. The van der Waals surface area contributed by atoms with Gasteiger partial charge in [-0.3, -0.25) is 9.59 Å². The van der Waals surface area contributed by atoms with Gasteiger partial charge in [0.2, 0.25) is 0 Å². The van der Waals surface area contributed by atoms with Crippen LogP contribution in [0, 0.1) is 0 Å². The van der Waals surface area contributed by atoms with Crippen molar-refractivity contribution in [3.05, 3.63) is 35.9 Å². The van der Waals surface area contributed by atoms with Crippen LogP contribution in [0.2, 0.25) is 0 Å². The zero-order valence-corrected chi connectivity index (χ0v) is 13.0. The van der Waals surface area contributed by atoms with Gasteiger partial charge in [-0.05, 0) is 25.5 Å². The predicted octanol–water partition coefficient (Wildman–Crippen LogP) is 1.69. The summed E-state index contributed by atoms with van der Waals surface area (Å²) in [6.07, 6.45) is 0.234. The molecule has 0 saturated carbocycles. The van der Waals surface area contributed by atoms with Crippen molar-refractivity contribution in [2.45, 2.75) is 32.7 Å². The molecule has 0 aliphatic carbocycles. The van der Waals surface area contributed by atoms with Crippen molar-refractivity contribution in [3.63, 3.8) is 0 Å². The SMILES string of the molecule is CCOC(=O)[C@](CC)(COC(C)=O)NC(=O)c1ccccc1. The fourth-order valence-electron chi connectivity index (χ4n) is 1.85. The number of carbonyl (C=O) groups is 3. The van der Waals surface area contributed by atoms with Crippen LogP contribution in [0.3, 0.4) is 0 Å². The molecule has 0 radical (unpaired) electrons. The number of hydrogen-bond acceptors (Lipinski definition) is 5. The second-order valence-corrected chi connectivity index (χ2v) is 4.76. The van der Waals surface area contributed by atoms with Crippen molar-refractivity contribution >= 4 is 17.8 Å². The second-order valence-electron chi connectivity index (χ2n) is 4.76. The molecular weight excluding hydrogens is 286 g/mol. The number of amides is 1. The Morgan fingerprint density at radius 3 is 2.23 bits per heavy atom. The van der Waals surface area contributed by atoms with Gasteiger partial charge < -0.3 is 14.8 Å². The number of ether oxygens (including phenoxy) is 2. The highest BCUT2D eigenvalue weighted by molar-refractivity contribution is 5.98. The minimum absolute atomic E-state index is 0.169. The molecular formula is C16H21NO5. The molecule has 1 N–H and O–H groups in total. The fourth-order valence-corrected chi connectivity index (χ4v) is 1.85. The van der Waals surface area contributed by atoms with Crippen molar-refractivity contribution in [1.82, 2.24) is 5.32 Å². The zero-order chi connectivity index (χ0) is 16.6. The largest absolute Gasteiger partial charge is 0.464 e. The summed E-state index contributed by atoms with van der Waals surface area (Å²) < 4.78 is 9.97. The van der Waals surface area contributed by atoms with Gasteiger partial charge in [-0.2, -0.15) is 0 Å². The standard InChI is InChI=1S/C16H21NO5/c1-4-16(11-22-12(3)18,15(20)21-5-2)17-14(19)13-9-7-6-8-10-13/h6-10H,4-5,11H2,1-3H3,(H,17,19)/t16-/m0/s1. The van der Waals surface area contributed by atoms with Crippen molar-refractivity contribution in [2.24, 2.45) is 0 Å². The van der Waals surface area contributed by atoms with Crippen LogP contribution in [0.4, 0.5) is 0 Å². The average molecular weight is 307 g/mol. The van der Waals surface area contributed by atoms with Gasteiger partial charge in [-0.25, -0.2) is 4.79 Å². The van der Waals surface area contributed by atoms with E-state index in [4.69, 9.17) is 9.47 Å². The number of rotatable bonds is 7. The Kier molecular flexibility index (Phi) is 6.56. The molecule has 120 valence electrons. The van der Waals surface area contributed by atoms with E-state index in [1.165, 1.54) is 6.92 Å². The van der Waals surface area contributed by atoms with Gasteiger partial charge in [0.25, 0.3) is 5.91 Å². The van der Waals surface area contributed by atoms with Crippen LogP contribution in [0.1, 0.15) is 37.6 Å². The van der Waals surface area contributed by atoms with Crippen LogP contribution in [0.5, 0.6) is 0 Å². The van der Waals surface area contributed by atoms with Crippen LogP contribution in [0.25, 0.3) is 0 Å². The number of hydrogen-bond donors (Lipinski definition) is 1. The Balaban J connectivity index is 2.99. The summed E-state index contributed by atoms with van der Waals surface area (Å²) in [5.41, 5.74) is -0.985. The summed E-state index contributed by atoms with van der Waals surface area (Å²) in [6.45, 7) is 4.53. The van der Waals surface area contributed by atoms with Gasteiger partial charge in [0.15, 0.2) is 5.54 Å². The van der Waals surface area contributed by atoms with Crippen LogP contribution < -0.4 is 5.32 Å². The number of benzene rings is 1. The first-order valence-corrected chi connectivity index (χ1v) is 7.13. The average Bonchev–Trinajstić information content (AvgIpc) is 2.52. The van der Waals surface area contributed by atoms with Crippen molar-refractivity contribution in [3.8, 4) is 0 Å². The molecule has 0 bridgehead atoms. The van der Waals surface area contributed by atoms with E-state index in [-0.39, 0.29) is 19.6 Å². The van der Waals surface area contributed by atoms with E-state index in [2.05, 4.69) is 5.32 Å². The molecule has 6 heteroatoms. The normalized spacial score (nSPS) is 12.9. The molecule has 0 unspecified atom stereocenters.